The standard InChI is InChI=1S/C29H37FN2O4/c1-29(2,30)20-31-17-14-21(15-18-31)19-36-23-12-10-22(11-13-23)24-7-4-5-8-25(24)27(33)32-16-6-9-26(32)28(34)35-3/h4-5,7-8,10-13,21,26H,6,9,14-20H2,1-3H3/t26-/m1/s1. The van der Waals surface area contributed by atoms with Crippen molar-refractivity contribution in [1.29, 1.82) is 0 Å². The molecule has 2 heterocycles. The third kappa shape index (κ3) is 6.44. The quantitative estimate of drug-likeness (QED) is 0.483. The molecule has 194 valence electrons. The number of esters is 1. The van der Waals surface area contributed by atoms with Crippen molar-refractivity contribution in [1.82, 2.24) is 9.80 Å². The Balaban J connectivity index is 1.37. The Labute approximate surface area is 213 Å². The van der Waals surface area contributed by atoms with Crippen LogP contribution >= 0.6 is 0 Å². The Morgan fingerprint density at radius 1 is 1.00 bits per heavy atom. The summed E-state index contributed by atoms with van der Waals surface area (Å²) in [5, 5.41) is 0. The van der Waals surface area contributed by atoms with E-state index < -0.39 is 11.7 Å². The smallest absolute Gasteiger partial charge is 0.328 e. The van der Waals surface area contributed by atoms with Gasteiger partial charge >= 0.3 is 5.97 Å². The van der Waals surface area contributed by atoms with Gasteiger partial charge in [0.15, 0.2) is 0 Å². The van der Waals surface area contributed by atoms with Gasteiger partial charge in [0.1, 0.15) is 17.5 Å². The lowest BCUT2D eigenvalue weighted by Gasteiger charge is -2.34. The molecule has 2 fully saturated rings. The Kier molecular flexibility index (Phi) is 8.29. The molecule has 36 heavy (non-hydrogen) atoms. The number of alkyl halides is 1. The molecule has 2 saturated heterocycles. The number of methoxy groups -OCH3 is 1. The molecule has 0 bridgehead atoms. The fourth-order valence-corrected chi connectivity index (χ4v) is 5.25. The van der Waals surface area contributed by atoms with Gasteiger partial charge in [-0.25, -0.2) is 9.18 Å². The van der Waals surface area contributed by atoms with E-state index in [2.05, 4.69) is 4.90 Å². The first-order valence-electron chi connectivity index (χ1n) is 12.9. The summed E-state index contributed by atoms with van der Waals surface area (Å²) < 4.78 is 24.9. The average molecular weight is 497 g/mol. The maximum atomic E-state index is 13.9. The van der Waals surface area contributed by atoms with Gasteiger partial charge in [-0.15, -0.1) is 0 Å². The van der Waals surface area contributed by atoms with Gasteiger partial charge in [0.05, 0.1) is 13.7 Å². The zero-order valence-corrected chi connectivity index (χ0v) is 21.5. The fraction of sp³-hybridized carbons (Fsp3) is 0.517. The molecule has 0 spiro atoms. The molecule has 0 unspecified atom stereocenters. The van der Waals surface area contributed by atoms with Crippen molar-refractivity contribution in [2.45, 2.75) is 51.2 Å². The largest absolute Gasteiger partial charge is 0.493 e. The fourth-order valence-electron chi connectivity index (χ4n) is 5.25. The molecule has 2 aromatic rings. The highest BCUT2D eigenvalue weighted by molar-refractivity contribution is 6.02. The summed E-state index contributed by atoms with van der Waals surface area (Å²) in [5.41, 5.74) is 1.16. The van der Waals surface area contributed by atoms with Gasteiger partial charge in [-0.2, -0.15) is 0 Å². The number of carbonyl (C=O) groups is 2. The highest BCUT2D eigenvalue weighted by atomic mass is 19.1. The number of hydrogen-bond donors (Lipinski definition) is 0. The molecule has 6 nitrogen and oxygen atoms in total. The van der Waals surface area contributed by atoms with Crippen molar-refractivity contribution in [2.24, 2.45) is 5.92 Å². The number of piperidine rings is 1. The van der Waals surface area contributed by atoms with E-state index in [1.54, 1.807) is 18.7 Å². The van der Waals surface area contributed by atoms with Gasteiger partial charge in [0, 0.05) is 18.7 Å². The zero-order valence-electron chi connectivity index (χ0n) is 21.5. The number of rotatable bonds is 8. The van der Waals surface area contributed by atoms with Crippen LogP contribution in [0.4, 0.5) is 4.39 Å². The molecular formula is C29H37FN2O4. The molecule has 2 aliphatic rings. The summed E-state index contributed by atoms with van der Waals surface area (Å²) in [7, 11) is 1.36. The molecule has 0 saturated carbocycles. The average Bonchev–Trinajstić information content (AvgIpc) is 3.37. The maximum Gasteiger partial charge on any atom is 0.328 e. The van der Waals surface area contributed by atoms with Crippen LogP contribution in [0.15, 0.2) is 48.5 Å². The van der Waals surface area contributed by atoms with E-state index in [0.29, 0.717) is 37.6 Å². The van der Waals surface area contributed by atoms with Crippen LogP contribution in [0.2, 0.25) is 0 Å². The second kappa shape index (κ2) is 11.4. The first-order valence-corrected chi connectivity index (χ1v) is 12.9. The Hall–Kier alpha value is -2.93. The van der Waals surface area contributed by atoms with Crippen LogP contribution in [0.25, 0.3) is 11.1 Å². The van der Waals surface area contributed by atoms with Crippen molar-refractivity contribution >= 4 is 11.9 Å². The summed E-state index contributed by atoms with van der Waals surface area (Å²) in [6, 6.07) is 14.8. The van der Waals surface area contributed by atoms with Crippen LogP contribution in [0.3, 0.4) is 0 Å². The molecule has 0 aromatic heterocycles. The zero-order chi connectivity index (χ0) is 25.7. The summed E-state index contributed by atoms with van der Waals surface area (Å²) >= 11 is 0. The number of carbonyl (C=O) groups excluding carboxylic acids is 2. The molecule has 2 aromatic carbocycles. The van der Waals surface area contributed by atoms with E-state index >= 15 is 0 Å². The van der Waals surface area contributed by atoms with Gasteiger partial charge in [-0.3, -0.25) is 4.79 Å². The van der Waals surface area contributed by atoms with Gasteiger partial charge in [0.2, 0.25) is 0 Å². The van der Waals surface area contributed by atoms with E-state index in [4.69, 9.17) is 9.47 Å². The topological polar surface area (TPSA) is 59.1 Å². The number of halogens is 1. The van der Waals surface area contributed by atoms with E-state index in [-0.39, 0.29) is 11.9 Å². The number of amides is 1. The van der Waals surface area contributed by atoms with E-state index in [1.807, 2.05) is 48.5 Å². The normalized spacial score (nSPS) is 19.3. The second-order valence-corrected chi connectivity index (χ2v) is 10.5. The van der Waals surface area contributed by atoms with Crippen molar-refractivity contribution in [3.05, 3.63) is 54.1 Å². The highest BCUT2D eigenvalue weighted by Crippen LogP contribution is 2.30. The molecule has 7 heteroatoms. The van der Waals surface area contributed by atoms with Crippen LogP contribution in [0, 0.1) is 5.92 Å². The van der Waals surface area contributed by atoms with Crippen molar-refractivity contribution in [3.63, 3.8) is 0 Å². The lowest BCUT2D eigenvalue weighted by atomic mass is 9.96. The predicted molar refractivity (Wildman–Crippen MR) is 138 cm³/mol. The van der Waals surface area contributed by atoms with Crippen molar-refractivity contribution in [2.75, 3.05) is 39.9 Å². The van der Waals surface area contributed by atoms with Crippen LogP contribution in [0.5, 0.6) is 5.75 Å². The predicted octanol–water partition coefficient (Wildman–Crippen LogP) is 4.97. The molecule has 0 N–H and O–H groups in total. The molecule has 0 radical (unpaired) electrons. The van der Waals surface area contributed by atoms with Crippen molar-refractivity contribution in [3.8, 4) is 16.9 Å². The van der Waals surface area contributed by atoms with E-state index in [0.717, 1.165) is 49.2 Å². The number of benzene rings is 2. The van der Waals surface area contributed by atoms with Gasteiger partial charge in [0.25, 0.3) is 5.91 Å². The molecule has 0 aliphatic carbocycles. The summed E-state index contributed by atoms with van der Waals surface area (Å²) in [6.07, 6.45) is 3.42. The lowest BCUT2D eigenvalue weighted by Crippen LogP contribution is -2.41. The van der Waals surface area contributed by atoms with Crippen LogP contribution in [0.1, 0.15) is 49.9 Å². The number of ether oxygens (including phenoxy) is 2. The minimum Gasteiger partial charge on any atom is -0.493 e. The monoisotopic (exact) mass is 496 g/mol. The van der Waals surface area contributed by atoms with E-state index in [1.165, 1.54) is 7.11 Å². The maximum absolute atomic E-state index is 13.9. The first-order chi connectivity index (χ1) is 17.2. The SMILES string of the molecule is COC(=O)[C@H]1CCCN1C(=O)c1ccccc1-c1ccc(OCC2CCN(CC(C)(C)F)CC2)cc1. The Morgan fingerprint density at radius 3 is 2.36 bits per heavy atom. The summed E-state index contributed by atoms with van der Waals surface area (Å²) in [6.45, 7) is 6.73. The van der Waals surface area contributed by atoms with Crippen LogP contribution in [-0.2, 0) is 9.53 Å². The minimum atomic E-state index is -1.16. The van der Waals surface area contributed by atoms with Gasteiger partial charge in [-0.05, 0) is 87.9 Å². The number of nitrogens with zero attached hydrogens (tertiary/aromatic N) is 2. The third-order valence-corrected chi connectivity index (χ3v) is 7.10. The molecule has 2 aliphatic heterocycles. The van der Waals surface area contributed by atoms with Crippen molar-refractivity contribution < 1.29 is 23.5 Å². The Bertz CT molecular complexity index is 1040. The van der Waals surface area contributed by atoms with Gasteiger partial charge < -0.3 is 19.3 Å². The first kappa shape index (κ1) is 26.1. The molecule has 4 rings (SSSR count). The summed E-state index contributed by atoms with van der Waals surface area (Å²) in [5.74, 6) is 0.739. The van der Waals surface area contributed by atoms with Gasteiger partial charge in [-0.1, -0.05) is 30.3 Å². The molecule has 1 atom stereocenters. The van der Waals surface area contributed by atoms with Crippen LogP contribution < -0.4 is 4.74 Å². The highest BCUT2D eigenvalue weighted by Gasteiger charge is 2.36. The van der Waals surface area contributed by atoms with E-state index in [9.17, 15) is 14.0 Å². The second-order valence-electron chi connectivity index (χ2n) is 10.5. The summed E-state index contributed by atoms with van der Waals surface area (Å²) in [4.78, 5) is 29.4. The molecule has 1 amide bonds. The van der Waals surface area contributed by atoms with Crippen LogP contribution in [-0.4, -0.2) is 73.3 Å². The third-order valence-electron chi connectivity index (χ3n) is 7.10. The lowest BCUT2D eigenvalue weighted by molar-refractivity contribution is -0.145. The number of hydrogen-bond acceptors (Lipinski definition) is 5. The molecular weight excluding hydrogens is 459 g/mol. The minimum absolute atomic E-state index is 0.152. The Morgan fingerprint density at radius 2 is 1.69 bits per heavy atom. The number of likely N-dealkylation sites (tertiary alicyclic amines) is 2.